The molecule has 0 fully saturated rings. The van der Waals surface area contributed by atoms with Crippen molar-refractivity contribution in [3.05, 3.63) is 51.2 Å². The molecule has 3 nitrogen and oxygen atoms in total. The van der Waals surface area contributed by atoms with Crippen LogP contribution in [0, 0.1) is 0 Å². The van der Waals surface area contributed by atoms with Gasteiger partial charge < -0.3 is 4.42 Å². The second-order valence-corrected chi connectivity index (χ2v) is 4.83. The normalized spacial score (nSPS) is 10.9. The molecule has 0 aliphatic rings. The average Bonchev–Trinajstić information content (AvgIpc) is 2.83. The van der Waals surface area contributed by atoms with Gasteiger partial charge in [-0.25, -0.2) is 9.78 Å². The lowest BCUT2D eigenvalue weighted by Gasteiger charge is -1.99. The van der Waals surface area contributed by atoms with E-state index in [9.17, 15) is 4.79 Å². The van der Waals surface area contributed by atoms with Crippen molar-refractivity contribution in [3.63, 3.8) is 0 Å². The molecule has 0 N–H and O–H groups in total. The summed E-state index contributed by atoms with van der Waals surface area (Å²) in [5.41, 5.74) is 0.176. The quantitative estimate of drug-likeness (QED) is 0.674. The smallest absolute Gasteiger partial charge is 0.347 e. The molecule has 0 saturated carbocycles. The van der Waals surface area contributed by atoms with Gasteiger partial charge in [-0.2, -0.15) is 0 Å². The lowest BCUT2D eigenvalue weighted by molar-refractivity contribution is 0.520. The fourth-order valence-corrected chi connectivity index (χ4v) is 2.37. The third-order valence-electron chi connectivity index (χ3n) is 2.32. The minimum Gasteiger partial charge on any atom is -0.402 e. The largest absolute Gasteiger partial charge is 0.402 e. The first-order valence-corrected chi connectivity index (χ1v) is 6.14. The highest BCUT2D eigenvalue weighted by Gasteiger charge is 2.09. The van der Waals surface area contributed by atoms with Crippen molar-refractivity contribution in [2.75, 3.05) is 0 Å². The molecule has 1 aromatic carbocycles. The molecule has 0 saturated heterocycles. The lowest BCUT2D eigenvalue weighted by atomic mass is 10.2. The summed E-state index contributed by atoms with van der Waals surface area (Å²) in [6.07, 6.45) is 0. The van der Waals surface area contributed by atoms with E-state index in [-0.39, 0.29) is 0 Å². The molecule has 0 amide bonds. The van der Waals surface area contributed by atoms with Gasteiger partial charge in [-0.15, -0.1) is 11.3 Å². The Balaban J connectivity index is 2.32. The Hall–Kier alpha value is -1.65. The Morgan fingerprint density at radius 1 is 1.29 bits per heavy atom. The van der Waals surface area contributed by atoms with Gasteiger partial charge in [0.2, 0.25) is 5.89 Å². The Kier molecular flexibility index (Phi) is 2.46. The number of halogens is 1. The maximum Gasteiger partial charge on any atom is 0.347 e. The molecule has 84 valence electrons. The third kappa shape index (κ3) is 1.85. The summed E-state index contributed by atoms with van der Waals surface area (Å²) in [7, 11) is 0. The molecule has 0 aliphatic carbocycles. The highest BCUT2D eigenvalue weighted by atomic mass is 35.5. The van der Waals surface area contributed by atoms with Crippen LogP contribution in [0.25, 0.3) is 21.7 Å². The van der Waals surface area contributed by atoms with Gasteiger partial charge >= 0.3 is 5.63 Å². The van der Waals surface area contributed by atoms with E-state index >= 15 is 0 Å². The van der Waals surface area contributed by atoms with E-state index in [1.165, 1.54) is 11.3 Å². The fourth-order valence-electron chi connectivity index (χ4n) is 1.55. The average molecular weight is 264 g/mol. The van der Waals surface area contributed by atoms with Gasteiger partial charge in [-0.1, -0.05) is 17.7 Å². The summed E-state index contributed by atoms with van der Waals surface area (Å²) in [5.74, 6) is 0.347. The summed E-state index contributed by atoms with van der Waals surface area (Å²) >= 11 is 7.30. The van der Waals surface area contributed by atoms with Crippen LogP contribution in [0.4, 0.5) is 0 Å². The molecule has 3 aromatic rings. The Bertz CT molecular complexity index is 734. The van der Waals surface area contributed by atoms with Crippen LogP contribution in [0.2, 0.25) is 5.02 Å². The number of nitrogens with zero attached hydrogens (tertiary/aromatic N) is 1. The predicted molar refractivity (Wildman–Crippen MR) is 68.6 cm³/mol. The zero-order valence-electron chi connectivity index (χ0n) is 8.51. The minimum absolute atomic E-state index is 0.347. The van der Waals surface area contributed by atoms with E-state index < -0.39 is 5.63 Å². The second-order valence-electron chi connectivity index (χ2n) is 3.45. The van der Waals surface area contributed by atoms with Crippen LogP contribution in [-0.4, -0.2) is 4.98 Å². The Morgan fingerprint density at radius 2 is 2.18 bits per heavy atom. The molecule has 0 bridgehead atoms. The number of benzene rings is 1. The SMILES string of the molecule is O=c1oc(-c2cccs2)nc2ccc(Cl)cc12. The fraction of sp³-hybridized carbons (Fsp3) is 0. The van der Waals surface area contributed by atoms with Gasteiger partial charge in [-0.3, -0.25) is 0 Å². The van der Waals surface area contributed by atoms with E-state index in [0.29, 0.717) is 21.8 Å². The van der Waals surface area contributed by atoms with Crippen LogP contribution in [0.1, 0.15) is 0 Å². The van der Waals surface area contributed by atoms with E-state index in [0.717, 1.165) is 4.88 Å². The van der Waals surface area contributed by atoms with Gasteiger partial charge in [0, 0.05) is 5.02 Å². The Labute approximate surface area is 105 Å². The first-order chi connectivity index (χ1) is 8.24. The molecule has 5 heteroatoms. The molecule has 0 radical (unpaired) electrons. The van der Waals surface area contributed by atoms with Crippen molar-refractivity contribution < 1.29 is 4.42 Å². The molecule has 0 atom stereocenters. The van der Waals surface area contributed by atoms with Crippen LogP contribution in [0.3, 0.4) is 0 Å². The van der Waals surface area contributed by atoms with Gasteiger partial charge in [0.25, 0.3) is 0 Å². The second kappa shape index (κ2) is 3.98. The van der Waals surface area contributed by atoms with Crippen molar-refractivity contribution >= 4 is 33.8 Å². The zero-order valence-corrected chi connectivity index (χ0v) is 10.1. The number of aromatic nitrogens is 1. The summed E-state index contributed by atoms with van der Waals surface area (Å²) in [4.78, 5) is 16.9. The molecule has 2 heterocycles. The predicted octanol–water partition coefficient (Wildman–Crippen LogP) is 3.57. The molecule has 17 heavy (non-hydrogen) atoms. The van der Waals surface area contributed by atoms with Gasteiger partial charge in [0.15, 0.2) is 0 Å². The van der Waals surface area contributed by atoms with Crippen LogP contribution < -0.4 is 5.63 Å². The summed E-state index contributed by atoms with van der Waals surface area (Å²) in [5, 5.41) is 2.80. The molecule has 2 aromatic heterocycles. The summed E-state index contributed by atoms with van der Waals surface area (Å²) < 4.78 is 5.18. The number of fused-ring (bicyclic) bond motifs is 1. The molecular formula is C12H6ClNO2S. The van der Waals surface area contributed by atoms with Crippen LogP contribution in [0.5, 0.6) is 0 Å². The maximum absolute atomic E-state index is 11.8. The number of hydrogen-bond acceptors (Lipinski definition) is 4. The summed E-state index contributed by atoms with van der Waals surface area (Å²) in [6, 6.07) is 8.72. The van der Waals surface area contributed by atoms with E-state index in [1.807, 2.05) is 17.5 Å². The van der Waals surface area contributed by atoms with E-state index in [4.69, 9.17) is 16.0 Å². The number of thiophene rings is 1. The maximum atomic E-state index is 11.8. The van der Waals surface area contributed by atoms with E-state index in [2.05, 4.69) is 4.98 Å². The topological polar surface area (TPSA) is 43.1 Å². The van der Waals surface area contributed by atoms with Crippen molar-refractivity contribution in [1.82, 2.24) is 4.98 Å². The van der Waals surface area contributed by atoms with Gasteiger partial charge in [0.1, 0.15) is 0 Å². The standard InChI is InChI=1S/C12H6ClNO2S/c13-7-3-4-9-8(6-7)12(15)16-11(14-9)10-2-1-5-17-10/h1-6H. The molecular weight excluding hydrogens is 258 g/mol. The third-order valence-corrected chi connectivity index (χ3v) is 3.41. The van der Waals surface area contributed by atoms with Crippen molar-refractivity contribution in [1.29, 1.82) is 0 Å². The van der Waals surface area contributed by atoms with Gasteiger partial charge in [0.05, 0.1) is 15.8 Å². The number of hydrogen-bond donors (Lipinski definition) is 0. The molecule has 0 unspecified atom stereocenters. The highest BCUT2D eigenvalue weighted by molar-refractivity contribution is 7.13. The molecule has 3 rings (SSSR count). The van der Waals surface area contributed by atoms with Crippen LogP contribution >= 0.6 is 22.9 Å². The van der Waals surface area contributed by atoms with Crippen molar-refractivity contribution in [2.45, 2.75) is 0 Å². The van der Waals surface area contributed by atoms with Gasteiger partial charge in [-0.05, 0) is 29.6 Å². The zero-order chi connectivity index (χ0) is 11.8. The van der Waals surface area contributed by atoms with Crippen molar-refractivity contribution in [3.8, 4) is 10.8 Å². The number of rotatable bonds is 1. The molecule has 0 aliphatic heterocycles. The monoisotopic (exact) mass is 263 g/mol. The highest BCUT2D eigenvalue weighted by Crippen LogP contribution is 2.24. The first kappa shape index (κ1) is 10.5. The van der Waals surface area contributed by atoms with Crippen LogP contribution in [-0.2, 0) is 0 Å². The Morgan fingerprint density at radius 3 is 2.94 bits per heavy atom. The van der Waals surface area contributed by atoms with Crippen molar-refractivity contribution in [2.24, 2.45) is 0 Å². The molecule has 0 spiro atoms. The first-order valence-electron chi connectivity index (χ1n) is 4.88. The van der Waals surface area contributed by atoms with Crippen LogP contribution in [0.15, 0.2) is 44.9 Å². The van der Waals surface area contributed by atoms with E-state index in [1.54, 1.807) is 18.2 Å². The lowest BCUT2D eigenvalue weighted by Crippen LogP contribution is -2.02. The summed E-state index contributed by atoms with van der Waals surface area (Å²) in [6.45, 7) is 0. The minimum atomic E-state index is -0.416.